The van der Waals surface area contributed by atoms with Crippen molar-refractivity contribution >= 4 is 52.5 Å². The molecular weight excluding hydrogens is 891 g/mol. The van der Waals surface area contributed by atoms with E-state index in [1.807, 2.05) is 87.1 Å². The number of rotatable bonds is 14. The monoisotopic (exact) mass is 951 g/mol. The predicted octanol–water partition coefficient (Wildman–Crippen LogP) is 9.19. The van der Waals surface area contributed by atoms with Crippen LogP contribution in [0.4, 0.5) is 17.6 Å². The molecule has 4 aromatic heterocycles. The number of hydrogen-bond donors (Lipinski definition) is 2. The van der Waals surface area contributed by atoms with Gasteiger partial charge in [0, 0.05) is 78.5 Å². The number of likely N-dealkylation sites (tertiary alicyclic amines) is 1. The predicted molar refractivity (Wildman–Crippen MR) is 274 cm³/mol. The molecule has 0 bridgehead atoms. The molecule has 15 heteroatoms. The summed E-state index contributed by atoms with van der Waals surface area (Å²) in [6.07, 6.45) is 8.87. The van der Waals surface area contributed by atoms with E-state index in [0.29, 0.717) is 48.5 Å². The third kappa shape index (κ3) is 10.00. The second-order valence-electron chi connectivity index (χ2n) is 20.6. The van der Waals surface area contributed by atoms with Crippen LogP contribution in [0.25, 0.3) is 33.8 Å². The Morgan fingerprint density at radius 2 is 1.30 bits per heavy atom. The van der Waals surface area contributed by atoms with Crippen LogP contribution in [0.15, 0.2) is 103 Å². The lowest BCUT2D eigenvalue weighted by molar-refractivity contribution is -0.118. The Balaban J connectivity index is 0.796. The Kier molecular flexibility index (Phi) is 12.6. The average molecular weight is 952 g/mol. The maximum Gasteiger partial charge on any atom is 0.254 e. The molecule has 15 nitrogen and oxygen atoms in total. The molecule has 7 aromatic rings. The number of aromatic nitrogens is 6. The topological polar surface area (TPSA) is 162 Å². The van der Waals surface area contributed by atoms with Gasteiger partial charge < -0.3 is 14.7 Å². The highest BCUT2D eigenvalue weighted by atomic mass is 16.2. The molecule has 364 valence electrons. The molecule has 0 spiro atoms. The Labute approximate surface area is 413 Å². The van der Waals surface area contributed by atoms with Gasteiger partial charge in [-0.2, -0.15) is 9.97 Å². The van der Waals surface area contributed by atoms with Crippen LogP contribution in [0.1, 0.15) is 104 Å². The van der Waals surface area contributed by atoms with Crippen LogP contribution in [0.5, 0.6) is 0 Å². The number of pyridine rings is 2. The number of benzene rings is 3. The second kappa shape index (κ2) is 19.4. The lowest BCUT2D eigenvalue weighted by Crippen LogP contribution is -2.44. The van der Waals surface area contributed by atoms with E-state index in [0.717, 1.165) is 78.8 Å². The first-order valence-electron chi connectivity index (χ1n) is 25.5. The SMILES string of the molecule is CC1CC(Cc2ccc(-c3ccc(C(=O)N(Cc4ccc(N5CCCCC5)cc4)C(C)C)cc3)n3nc(NC(=O)C4CC4)nc23)CN(C(=O)c2ccc(-c3cccc4nc(NC(=O)C5CC5)nn34)cc2)C1. The summed E-state index contributed by atoms with van der Waals surface area (Å²) in [5, 5.41) is 15.2. The second-order valence-corrected chi connectivity index (χ2v) is 20.6. The summed E-state index contributed by atoms with van der Waals surface area (Å²) in [6.45, 7) is 10.2. The average Bonchev–Trinajstić information content (AvgIpc) is 4.33. The molecule has 3 aromatic carbocycles. The van der Waals surface area contributed by atoms with Crippen molar-refractivity contribution in [2.45, 2.75) is 91.1 Å². The smallest absolute Gasteiger partial charge is 0.254 e. The zero-order valence-electron chi connectivity index (χ0n) is 40.8. The molecule has 2 unspecified atom stereocenters. The van der Waals surface area contributed by atoms with E-state index in [-0.39, 0.29) is 65.2 Å². The third-order valence-electron chi connectivity index (χ3n) is 14.6. The first-order chi connectivity index (χ1) is 34.5. The van der Waals surface area contributed by atoms with Crippen LogP contribution in [0.2, 0.25) is 0 Å². The van der Waals surface area contributed by atoms with Crippen LogP contribution in [0.3, 0.4) is 0 Å². The fourth-order valence-electron chi connectivity index (χ4n) is 10.4. The number of piperidine rings is 2. The molecule has 2 saturated heterocycles. The molecule has 11 rings (SSSR count). The molecule has 71 heavy (non-hydrogen) atoms. The zero-order valence-corrected chi connectivity index (χ0v) is 40.8. The summed E-state index contributed by atoms with van der Waals surface area (Å²) in [6, 6.07) is 33.8. The molecule has 4 amide bonds. The Morgan fingerprint density at radius 3 is 1.94 bits per heavy atom. The quantitative estimate of drug-likeness (QED) is 0.108. The van der Waals surface area contributed by atoms with Gasteiger partial charge in [-0.1, -0.05) is 55.5 Å². The minimum atomic E-state index is -0.0680. The van der Waals surface area contributed by atoms with Crippen molar-refractivity contribution in [1.82, 2.24) is 39.0 Å². The molecule has 2 N–H and O–H groups in total. The summed E-state index contributed by atoms with van der Waals surface area (Å²) in [5.74, 6) is 0.833. The number of anilines is 3. The maximum absolute atomic E-state index is 14.2. The standard InChI is InChI=1S/C56H61N11O4/c1-35(2)65(34-37-10-25-46(26-11-37)63-28-5-4-6-29-63)54(71)44-22-14-40(15-23-44)48-27-24-45(50-58-56(62-67(48)50)60-52(69)42-18-19-42)31-38-30-36(3)32-64(33-38)53(70)43-20-12-39(13-21-43)47-8-7-9-49-57-55(61-66(47)49)59-51(68)41-16-17-41/h7-15,20-27,35-36,38,41-42H,4-6,16-19,28-34H2,1-3H3,(H,59,61,68)(H,60,62,69). The van der Waals surface area contributed by atoms with Crippen molar-refractivity contribution in [3.8, 4) is 22.5 Å². The van der Waals surface area contributed by atoms with Crippen LogP contribution in [0, 0.1) is 23.7 Å². The first kappa shape index (κ1) is 46.0. The highest BCUT2D eigenvalue weighted by Crippen LogP contribution is 2.34. The summed E-state index contributed by atoms with van der Waals surface area (Å²) < 4.78 is 3.53. The molecule has 2 atom stereocenters. The molecule has 0 radical (unpaired) electrons. The number of carbonyl (C=O) groups excluding carboxylic acids is 4. The van der Waals surface area contributed by atoms with Gasteiger partial charge in [-0.25, -0.2) is 9.03 Å². The van der Waals surface area contributed by atoms with Crippen molar-refractivity contribution in [3.63, 3.8) is 0 Å². The maximum atomic E-state index is 14.2. The number of nitrogens with zero attached hydrogens (tertiary/aromatic N) is 9. The van der Waals surface area contributed by atoms with Crippen molar-refractivity contribution < 1.29 is 19.2 Å². The minimum Gasteiger partial charge on any atom is -0.372 e. The lowest BCUT2D eigenvalue weighted by atomic mass is 9.86. The molecule has 6 heterocycles. The highest BCUT2D eigenvalue weighted by Gasteiger charge is 2.33. The third-order valence-corrected chi connectivity index (χ3v) is 14.6. The van der Waals surface area contributed by atoms with Gasteiger partial charge in [-0.3, -0.25) is 29.8 Å². The van der Waals surface area contributed by atoms with Crippen LogP contribution in [-0.2, 0) is 22.6 Å². The van der Waals surface area contributed by atoms with Crippen LogP contribution in [-0.4, -0.2) is 94.8 Å². The van der Waals surface area contributed by atoms with Crippen LogP contribution >= 0.6 is 0 Å². The summed E-state index contributed by atoms with van der Waals surface area (Å²) in [5.41, 5.74) is 9.12. The van der Waals surface area contributed by atoms with E-state index in [9.17, 15) is 19.2 Å². The molecular formula is C56H61N11O4. The minimum absolute atomic E-state index is 0.00325. The number of amides is 4. The largest absolute Gasteiger partial charge is 0.372 e. The van der Waals surface area contributed by atoms with E-state index < -0.39 is 0 Å². The number of fused-ring (bicyclic) bond motifs is 2. The van der Waals surface area contributed by atoms with Crippen LogP contribution < -0.4 is 15.5 Å². The molecule has 2 saturated carbocycles. The number of nitrogens with one attached hydrogen (secondary N) is 2. The number of carbonyl (C=O) groups is 4. The van der Waals surface area contributed by atoms with Gasteiger partial charge in [0.25, 0.3) is 11.8 Å². The zero-order chi connectivity index (χ0) is 48.8. The summed E-state index contributed by atoms with van der Waals surface area (Å²) in [4.78, 5) is 69.4. The fourth-order valence-corrected chi connectivity index (χ4v) is 10.4. The highest BCUT2D eigenvalue weighted by molar-refractivity contribution is 5.96. The Hall–Kier alpha value is -7.42. The normalized spacial score (nSPS) is 18.3. The molecule has 2 aliphatic carbocycles. The van der Waals surface area contributed by atoms with Crippen molar-refractivity contribution in [3.05, 3.63) is 125 Å². The van der Waals surface area contributed by atoms with Gasteiger partial charge in [0.05, 0.1) is 11.4 Å². The van der Waals surface area contributed by atoms with E-state index in [4.69, 9.17) is 10.1 Å². The molecule has 2 aliphatic heterocycles. The molecule has 4 aliphatic rings. The van der Waals surface area contributed by atoms with Gasteiger partial charge in [0.2, 0.25) is 23.7 Å². The van der Waals surface area contributed by atoms with E-state index >= 15 is 0 Å². The van der Waals surface area contributed by atoms with Gasteiger partial charge in [-0.05, 0) is 149 Å². The van der Waals surface area contributed by atoms with E-state index in [1.165, 1.54) is 24.9 Å². The first-order valence-corrected chi connectivity index (χ1v) is 25.5. The van der Waals surface area contributed by atoms with E-state index in [1.54, 1.807) is 4.52 Å². The number of hydrogen-bond acceptors (Lipinski definition) is 9. The van der Waals surface area contributed by atoms with Gasteiger partial charge in [0.15, 0.2) is 11.3 Å². The van der Waals surface area contributed by atoms with Gasteiger partial charge in [0.1, 0.15) is 0 Å². The lowest BCUT2D eigenvalue weighted by Gasteiger charge is -2.36. The summed E-state index contributed by atoms with van der Waals surface area (Å²) in [7, 11) is 0. The fraction of sp³-hybridized carbons (Fsp3) is 0.393. The van der Waals surface area contributed by atoms with E-state index in [2.05, 4.69) is 76.7 Å². The van der Waals surface area contributed by atoms with Crippen molar-refractivity contribution in [2.24, 2.45) is 23.7 Å². The molecule has 4 fully saturated rings. The van der Waals surface area contributed by atoms with Gasteiger partial charge >= 0.3 is 0 Å². The Bertz CT molecular complexity index is 3110. The van der Waals surface area contributed by atoms with Gasteiger partial charge in [-0.15, -0.1) is 10.2 Å². The van der Waals surface area contributed by atoms with Crippen molar-refractivity contribution in [1.29, 1.82) is 0 Å². The Morgan fingerprint density at radius 1 is 0.676 bits per heavy atom. The van der Waals surface area contributed by atoms with Crippen molar-refractivity contribution in [2.75, 3.05) is 41.7 Å². The summed E-state index contributed by atoms with van der Waals surface area (Å²) >= 11 is 0.